The maximum absolute atomic E-state index is 13.0. The van der Waals surface area contributed by atoms with Gasteiger partial charge in [0.1, 0.15) is 17.6 Å². The van der Waals surface area contributed by atoms with E-state index in [9.17, 15) is 14.7 Å². The minimum absolute atomic E-state index is 0.0273. The monoisotopic (exact) mass is 503 g/mol. The smallest absolute Gasteiger partial charge is 0.300 e. The molecule has 152 valence electrons. The third-order valence-corrected chi connectivity index (χ3v) is 6.55. The summed E-state index contributed by atoms with van der Waals surface area (Å²) in [7, 11) is 1.53. The highest BCUT2D eigenvalue weighted by atomic mass is 79.9. The number of halogens is 2. The number of thiophene rings is 1. The third kappa shape index (κ3) is 3.53. The van der Waals surface area contributed by atoms with E-state index in [0.717, 1.165) is 4.88 Å². The van der Waals surface area contributed by atoms with E-state index in [1.165, 1.54) is 23.3 Å². The van der Waals surface area contributed by atoms with Crippen molar-refractivity contribution in [3.8, 4) is 5.75 Å². The van der Waals surface area contributed by atoms with Crippen LogP contribution in [-0.4, -0.2) is 23.9 Å². The van der Waals surface area contributed by atoms with Crippen molar-refractivity contribution in [2.75, 3.05) is 12.0 Å². The first kappa shape index (κ1) is 20.7. The molecule has 4 rings (SSSR count). The Morgan fingerprint density at radius 3 is 2.60 bits per heavy atom. The highest BCUT2D eigenvalue weighted by Crippen LogP contribution is 2.44. The molecule has 0 saturated carbocycles. The Hall–Kier alpha value is -2.61. The zero-order chi connectivity index (χ0) is 21.4. The van der Waals surface area contributed by atoms with Crippen LogP contribution in [0.1, 0.15) is 16.5 Å². The molecule has 8 heteroatoms. The Labute approximate surface area is 190 Å². The standard InChI is InChI=1S/C22H15BrClNO4S/c1-29-16-8-7-12(10-15(16)23)20(26)18-19(17-6-3-9-30-17)25(22(28)21(18)27)14-5-2-4-13(24)11-14/h2-11,19,26H,1H3/b20-18-. The highest BCUT2D eigenvalue weighted by Gasteiger charge is 2.47. The van der Waals surface area contributed by atoms with Crippen molar-refractivity contribution < 1.29 is 19.4 Å². The topological polar surface area (TPSA) is 66.8 Å². The lowest BCUT2D eigenvalue weighted by Gasteiger charge is -2.24. The van der Waals surface area contributed by atoms with Crippen molar-refractivity contribution in [3.05, 3.63) is 85.5 Å². The van der Waals surface area contributed by atoms with Crippen molar-refractivity contribution in [1.29, 1.82) is 0 Å². The number of anilines is 1. The Morgan fingerprint density at radius 2 is 1.97 bits per heavy atom. The normalized spacial score (nSPS) is 18.1. The van der Waals surface area contributed by atoms with Crippen LogP contribution in [0.5, 0.6) is 5.75 Å². The second-order valence-corrected chi connectivity index (χ2v) is 8.78. The number of methoxy groups -OCH3 is 1. The van der Waals surface area contributed by atoms with Crippen LogP contribution in [0.2, 0.25) is 5.02 Å². The fourth-order valence-electron chi connectivity index (χ4n) is 3.41. The summed E-state index contributed by atoms with van der Waals surface area (Å²) in [5.41, 5.74) is 0.908. The van der Waals surface area contributed by atoms with Gasteiger partial charge in [0.25, 0.3) is 11.7 Å². The van der Waals surface area contributed by atoms with Gasteiger partial charge in [-0.25, -0.2) is 0 Å². The molecule has 5 nitrogen and oxygen atoms in total. The Bertz CT molecular complexity index is 1180. The predicted octanol–water partition coefficient (Wildman–Crippen LogP) is 5.80. The molecule has 0 bridgehead atoms. The van der Waals surface area contributed by atoms with E-state index in [4.69, 9.17) is 16.3 Å². The molecule has 3 aromatic rings. The van der Waals surface area contributed by atoms with Gasteiger partial charge in [0, 0.05) is 21.2 Å². The minimum atomic E-state index is -0.760. The first-order chi connectivity index (χ1) is 14.4. The number of Topliss-reactive ketones (excluding diaryl/α,β-unsaturated/α-hetero) is 1. The van der Waals surface area contributed by atoms with Gasteiger partial charge in [0.05, 0.1) is 17.2 Å². The molecular formula is C22H15BrClNO4S. The maximum Gasteiger partial charge on any atom is 0.300 e. The van der Waals surface area contributed by atoms with Gasteiger partial charge in [0.15, 0.2) is 0 Å². The molecule has 0 spiro atoms. The molecule has 2 heterocycles. The number of ketones is 1. The van der Waals surface area contributed by atoms with Gasteiger partial charge in [-0.05, 0) is 63.8 Å². The summed E-state index contributed by atoms with van der Waals surface area (Å²) >= 11 is 10.9. The summed E-state index contributed by atoms with van der Waals surface area (Å²) in [6, 6.07) is 14.6. The first-order valence-corrected chi connectivity index (χ1v) is 10.9. The molecule has 1 atom stereocenters. The molecule has 1 aromatic heterocycles. The van der Waals surface area contributed by atoms with Crippen LogP contribution < -0.4 is 9.64 Å². The van der Waals surface area contributed by atoms with E-state index in [2.05, 4.69) is 15.9 Å². The number of carbonyl (C=O) groups is 2. The molecule has 1 amide bonds. The molecule has 1 N–H and O–H groups in total. The van der Waals surface area contributed by atoms with Gasteiger partial charge in [-0.2, -0.15) is 0 Å². The van der Waals surface area contributed by atoms with Gasteiger partial charge >= 0.3 is 0 Å². The molecule has 30 heavy (non-hydrogen) atoms. The van der Waals surface area contributed by atoms with Gasteiger partial charge < -0.3 is 9.84 Å². The van der Waals surface area contributed by atoms with Crippen molar-refractivity contribution in [1.82, 2.24) is 0 Å². The molecule has 1 saturated heterocycles. The second kappa shape index (κ2) is 8.26. The van der Waals surface area contributed by atoms with Crippen LogP contribution in [0.25, 0.3) is 5.76 Å². The van der Waals surface area contributed by atoms with E-state index >= 15 is 0 Å². The molecule has 1 aliphatic heterocycles. The number of hydrogen-bond acceptors (Lipinski definition) is 5. The van der Waals surface area contributed by atoms with E-state index in [1.807, 2.05) is 17.5 Å². The molecule has 1 fully saturated rings. The van der Waals surface area contributed by atoms with Gasteiger partial charge in [-0.3, -0.25) is 14.5 Å². The van der Waals surface area contributed by atoms with Crippen LogP contribution in [-0.2, 0) is 9.59 Å². The number of benzene rings is 2. The number of hydrogen-bond donors (Lipinski definition) is 1. The van der Waals surface area contributed by atoms with Crippen molar-refractivity contribution in [2.45, 2.75) is 6.04 Å². The average molecular weight is 505 g/mol. The van der Waals surface area contributed by atoms with Crippen LogP contribution >= 0.6 is 38.9 Å². The minimum Gasteiger partial charge on any atom is -0.507 e. The zero-order valence-corrected chi connectivity index (χ0v) is 18.8. The number of aliphatic hydroxyl groups excluding tert-OH is 1. The Morgan fingerprint density at radius 1 is 1.17 bits per heavy atom. The Balaban J connectivity index is 1.92. The number of carbonyl (C=O) groups excluding carboxylic acids is 2. The Kier molecular flexibility index (Phi) is 5.69. The van der Waals surface area contributed by atoms with Crippen molar-refractivity contribution in [3.63, 3.8) is 0 Å². The summed E-state index contributed by atoms with van der Waals surface area (Å²) < 4.78 is 5.84. The SMILES string of the molecule is COc1ccc(/C(O)=C2/C(=O)C(=O)N(c3cccc(Cl)c3)C2c2cccs2)cc1Br. The summed E-state index contributed by atoms with van der Waals surface area (Å²) in [6.07, 6.45) is 0. The molecular weight excluding hydrogens is 490 g/mol. The molecule has 0 radical (unpaired) electrons. The summed E-state index contributed by atoms with van der Waals surface area (Å²) in [5, 5.41) is 13.4. The van der Waals surface area contributed by atoms with Crippen LogP contribution in [0, 0.1) is 0 Å². The molecule has 2 aromatic carbocycles. The van der Waals surface area contributed by atoms with Gasteiger partial charge in [-0.15, -0.1) is 11.3 Å². The number of rotatable bonds is 4. The molecule has 0 aliphatic carbocycles. The predicted molar refractivity (Wildman–Crippen MR) is 121 cm³/mol. The number of ether oxygens (including phenoxy) is 1. The summed E-state index contributed by atoms with van der Waals surface area (Å²) in [5.74, 6) is -1.14. The van der Waals surface area contributed by atoms with Crippen LogP contribution in [0.3, 0.4) is 0 Å². The van der Waals surface area contributed by atoms with E-state index in [1.54, 1.807) is 42.5 Å². The largest absolute Gasteiger partial charge is 0.507 e. The lowest BCUT2D eigenvalue weighted by atomic mass is 9.99. The van der Waals surface area contributed by atoms with Crippen LogP contribution in [0.15, 0.2) is 70.0 Å². The van der Waals surface area contributed by atoms with Crippen LogP contribution in [0.4, 0.5) is 5.69 Å². The van der Waals surface area contributed by atoms with E-state index in [0.29, 0.717) is 26.5 Å². The van der Waals surface area contributed by atoms with Crippen molar-refractivity contribution in [2.24, 2.45) is 0 Å². The average Bonchev–Trinajstić information content (AvgIpc) is 3.34. The quantitative estimate of drug-likeness (QED) is 0.277. The maximum atomic E-state index is 13.0. The molecule has 1 aliphatic rings. The number of aliphatic hydroxyl groups is 1. The number of amides is 1. The van der Waals surface area contributed by atoms with E-state index in [-0.39, 0.29) is 11.3 Å². The second-order valence-electron chi connectivity index (χ2n) is 6.51. The zero-order valence-electron chi connectivity index (χ0n) is 15.6. The summed E-state index contributed by atoms with van der Waals surface area (Å²) in [6.45, 7) is 0. The number of nitrogens with zero attached hydrogens (tertiary/aromatic N) is 1. The molecule has 1 unspecified atom stereocenters. The van der Waals surface area contributed by atoms with Crippen molar-refractivity contribution >= 4 is 62.0 Å². The fourth-order valence-corrected chi connectivity index (χ4v) is 4.96. The van der Waals surface area contributed by atoms with Gasteiger partial charge in [-0.1, -0.05) is 23.7 Å². The lowest BCUT2D eigenvalue weighted by molar-refractivity contribution is -0.132. The fraction of sp³-hybridized carbons (Fsp3) is 0.0909. The van der Waals surface area contributed by atoms with Gasteiger partial charge in [0.2, 0.25) is 0 Å². The highest BCUT2D eigenvalue weighted by molar-refractivity contribution is 9.10. The summed E-state index contributed by atoms with van der Waals surface area (Å²) in [4.78, 5) is 28.2. The third-order valence-electron chi connectivity index (χ3n) is 4.77. The lowest BCUT2D eigenvalue weighted by Crippen LogP contribution is -2.29. The van der Waals surface area contributed by atoms with E-state index < -0.39 is 17.7 Å². The first-order valence-electron chi connectivity index (χ1n) is 8.86.